The van der Waals surface area contributed by atoms with E-state index in [1.165, 1.54) is 17.7 Å². The molecule has 3 heterocycles. The third-order valence-electron chi connectivity index (χ3n) is 5.02. The second kappa shape index (κ2) is 7.18. The van der Waals surface area contributed by atoms with Gasteiger partial charge in [-0.2, -0.15) is 0 Å². The van der Waals surface area contributed by atoms with E-state index in [9.17, 15) is 9.18 Å². The molecule has 0 spiro atoms. The summed E-state index contributed by atoms with van der Waals surface area (Å²) in [7, 11) is 0. The topological polar surface area (TPSA) is 73.6 Å². The number of nitrogens with zero attached hydrogens (tertiary/aromatic N) is 1. The molecule has 5 aromatic rings. The Kier molecular flexibility index (Phi) is 4.37. The Morgan fingerprint density at radius 1 is 1.07 bits per heavy atom. The lowest BCUT2D eigenvalue weighted by Crippen LogP contribution is -2.22. The third-order valence-corrected chi connectivity index (χ3v) is 5.92. The molecule has 5 rings (SSSR count). The van der Waals surface area contributed by atoms with Crippen molar-refractivity contribution >= 4 is 38.5 Å². The van der Waals surface area contributed by atoms with Gasteiger partial charge in [-0.1, -0.05) is 12.1 Å². The SMILES string of the molecule is O=C(NCc1ccc(F)cc1)c1ccc2[nH]cc(Cc3c[nH]c4ncsc34)c2c1. The molecule has 0 aliphatic carbocycles. The zero-order valence-electron chi connectivity index (χ0n) is 15.3. The van der Waals surface area contributed by atoms with Gasteiger partial charge in [-0.15, -0.1) is 11.3 Å². The highest BCUT2D eigenvalue weighted by Crippen LogP contribution is 2.27. The van der Waals surface area contributed by atoms with Crippen molar-refractivity contribution in [3.63, 3.8) is 0 Å². The van der Waals surface area contributed by atoms with Gasteiger partial charge >= 0.3 is 0 Å². The molecule has 0 aliphatic heterocycles. The Morgan fingerprint density at radius 3 is 2.76 bits per heavy atom. The number of aromatic nitrogens is 3. The van der Waals surface area contributed by atoms with Gasteiger partial charge in [0.1, 0.15) is 11.5 Å². The first-order valence-corrected chi connectivity index (χ1v) is 10.1. The van der Waals surface area contributed by atoms with Crippen LogP contribution < -0.4 is 5.32 Å². The molecule has 5 nitrogen and oxygen atoms in total. The van der Waals surface area contributed by atoms with E-state index in [0.717, 1.165) is 38.8 Å². The number of nitrogens with one attached hydrogen (secondary N) is 3. The molecule has 29 heavy (non-hydrogen) atoms. The number of hydrogen-bond acceptors (Lipinski definition) is 3. The van der Waals surface area contributed by atoms with E-state index < -0.39 is 0 Å². The Hall–Kier alpha value is -3.45. The quantitative estimate of drug-likeness (QED) is 0.395. The number of amides is 1. The van der Waals surface area contributed by atoms with Crippen molar-refractivity contribution in [1.82, 2.24) is 20.3 Å². The van der Waals surface area contributed by atoms with Crippen LogP contribution in [0.4, 0.5) is 4.39 Å². The molecule has 3 aromatic heterocycles. The number of fused-ring (bicyclic) bond motifs is 2. The Balaban J connectivity index is 1.38. The van der Waals surface area contributed by atoms with E-state index in [2.05, 4.69) is 20.3 Å². The molecule has 3 N–H and O–H groups in total. The largest absolute Gasteiger partial charge is 0.361 e. The molecule has 7 heteroatoms. The number of carbonyl (C=O) groups excluding carboxylic acids is 1. The highest BCUT2D eigenvalue weighted by Gasteiger charge is 2.13. The molecular weight excluding hydrogens is 387 g/mol. The van der Waals surface area contributed by atoms with Crippen molar-refractivity contribution in [2.45, 2.75) is 13.0 Å². The van der Waals surface area contributed by atoms with E-state index in [0.29, 0.717) is 12.1 Å². The number of hydrogen-bond donors (Lipinski definition) is 3. The Morgan fingerprint density at radius 2 is 1.90 bits per heavy atom. The van der Waals surface area contributed by atoms with Gasteiger partial charge in [0.2, 0.25) is 0 Å². The zero-order chi connectivity index (χ0) is 19.8. The average Bonchev–Trinajstić information content (AvgIpc) is 3.45. The van der Waals surface area contributed by atoms with Crippen molar-refractivity contribution in [3.05, 3.63) is 88.4 Å². The summed E-state index contributed by atoms with van der Waals surface area (Å²) in [5.41, 5.74) is 7.50. The highest BCUT2D eigenvalue weighted by molar-refractivity contribution is 7.16. The van der Waals surface area contributed by atoms with Gasteiger partial charge in [0, 0.05) is 41.8 Å². The lowest BCUT2D eigenvalue weighted by Gasteiger charge is -2.06. The van der Waals surface area contributed by atoms with Gasteiger partial charge in [-0.3, -0.25) is 4.79 Å². The summed E-state index contributed by atoms with van der Waals surface area (Å²) in [6.07, 6.45) is 4.74. The van der Waals surface area contributed by atoms with Gasteiger partial charge in [-0.25, -0.2) is 9.37 Å². The third kappa shape index (κ3) is 3.40. The van der Waals surface area contributed by atoms with E-state index in [-0.39, 0.29) is 11.7 Å². The molecule has 144 valence electrons. The maximum absolute atomic E-state index is 13.0. The fourth-order valence-corrected chi connectivity index (χ4v) is 4.26. The minimum absolute atomic E-state index is 0.158. The van der Waals surface area contributed by atoms with Crippen molar-refractivity contribution in [3.8, 4) is 0 Å². The number of H-pyrrole nitrogens is 2. The van der Waals surface area contributed by atoms with Crippen LogP contribution in [-0.2, 0) is 13.0 Å². The average molecular weight is 404 g/mol. The maximum atomic E-state index is 13.0. The van der Waals surface area contributed by atoms with E-state index in [4.69, 9.17) is 0 Å². The normalized spacial score (nSPS) is 11.3. The Labute approximate surface area is 169 Å². The predicted molar refractivity (Wildman–Crippen MR) is 113 cm³/mol. The minimum Gasteiger partial charge on any atom is -0.361 e. The van der Waals surface area contributed by atoms with Gasteiger partial charge < -0.3 is 15.3 Å². The van der Waals surface area contributed by atoms with Crippen LogP contribution >= 0.6 is 11.3 Å². The van der Waals surface area contributed by atoms with Crippen molar-refractivity contribution in [2.24, 2.45) is 0 Å². The molecule has 0 unspecified atom stereocenters. The Bertz CT molecular complexity index is 1320. The van der Waals surface area contributed by atoms with E-state index >= 15 is 0 Å². The van der Waals surface area contributed by atoms with E-state index in [1.807, 2.05) is 30.0 Å². The number of carbonyl (C=O) groups is 1. The van der Waals surface area contributed by atoms with Gasteiger partial charge in [0.05, 0.1) is 10.2 Å². The van der Waals surface area contributed by atoms with Crippen LogP contribution in [0.25, 0.3) is 21.3 Å². The fourth-order valence-electron chi connectivity index (χ4n) is 3.49. The minimum atomic E-state index is -0.288. The van der Waals surface area contributed by atoms with E-state index in [1.54, 1.807) is 29.5 Å². The predicted octanol–water partition coefficient (Wildman–Crippen LogP) is 4.77. The van der Waals surface area contributed by atoms with Gasteiger partial charge in [0.15, 0.2) is 0 Å². The highest BCUT2D eigenvalue weighted by atomic mass is 32.1. The summed E-state index contributed by atoms with van der Waals surface area (Å²) in [6, 6.07) is 11.8. The second-order valence-corrected chi connectivity index (χ2v) is 7.76. The van der Waals surface area contributed by atoms with Crippen LogP contribution in [0.5, 0.6) is 0 Å². The van der Waals surface area contributed by atoms with Gasteiger partial charge in [-0.05, 0) is 47.0 Å². The standard InChI is InChI=1S/C22H17FN4OS/c23-17-4-1-13(2-5-17)9-26-22(28)14-3-6-19-18(8-14)15(10-24-19)7-16-11-25-21-20(16)29-12-27-21/h1-6,8,10-12,24-25H,7,9H2,(H,26,28). The monoisotopic (exact) mass is 404 g/mol. The zero-order valence-corrected chi connectivity index (χ0v) is 16.1. The van der Waals surface area contributed by atoms with Crippen molar-refractivity contribution in [1.29, 1.82) is 0 Å². The van der Waals surface area contributed by atoms with Crippen LogP contribution in [0.15, 0.2) is 60.4 Å². The van der Waals surface area contributed by atoms with Crippen LogP contribution in [0.1, 0.15) is 27.0 Å². The lowest BCUT2D eigenvalue weighted by atomic mass is 10.0. The summed E-state index contributed by atoms with van der Waals surface area (Å²) >= 11 is 1.62. The number of halogens is 1. The molecule has 0 aliphatic rings. The summed E-state index contributed by atoms with van der Waals surface area (Å²) in [5, 5.41) is 3.92. The lowest BCUT2D eigenvalue weighted by molar-refractivity contribution is 0.0951. The number of benzene rings is 2. The molecule has 0 atom stereocenters. The van der Waals surface area contributed by atoms with Crippen LogP contribution in [0.3, 0.4) is 0 Å². The molecule has 0 bridgehead atoms. The molecule has 0 fully saturated rings. The molecular formula is C22H17FN4OS. The second-order valence-electron chi connectivity index (χ2n) is 6.90. The van der Waals surface area contributed by atoms with Crippen LogP contribution in [0, 0.1) is 5.82 Å². The van der Waals surface area contributed by atoms with Crippen LogP contribution in [-0.4, -0.2) is 20.9 Å². The summed E-state index contributed by atoms with van der Waals surface area (Å²) in [6.45, 7) is 0.351. The number of rotatable bonds is 5. The summed E-state index contributed by atoms with van der Waals surface area (Å²) in [5.74, 6) is -0.446. The molecule has 1 amide bonds. The van der Waals surface area contributed by atoms with Crippen LogP contribution in [0.2, 0.25) is 0 Å². The smallest absolute Gasteiger partial charge is 0.251 e. The molecule has 2 aromatic carbocycles. The van der Waals surface area contributed by atoms with Crippen molar-refractivity contribution in [2.75, 3.05) is 0 Å². The fraction of sp³-hybridized carbons (Fsp3) is 0.0909. The molecule has 0 saturated heterocycles. The molecule has 0 saturated carbocycles. The summed E-state index contributed by atoms with van der Waals surface area (Å²) < 4.78 is 14.2. The first-order valence-electron chi connectivity index (χ1n) is 9.19. The number of thiazole rings is 1. The number of aromatic amines is 2. The van der Waals surface area contributed by atoms with Crippen molar-refractivity contribution < 1.29 is 9.18 Å². The first-order chi connectivity index (χ1) is 14.2. The summed E-state index contributed by atoms with van der Waals surface area (Å²) in [4.78, 5) is 23.4. The van der Waals surface area contributed by atoms with Gasteiger partial charge in [0.25, 0.3) is 5.91 Å². The first kappa shape index (κ1) is 17.6. The molecule has 0 radical (unpaired) electrons. The maximum Gasteiger partial charge on any atom is 0.251 e.